The Morgan fingerprint density at radius 2 is 1.48 bits per heavy atom. The molecule has 0 spiro atoms. The highest BCUT2D eigenvalue weighted by Crippen LogP contribution is 2.52. The molecule has 0 bridgehead atoms. The maximum Gasteiger partial charge on any atom is 0.313 e. The zero-order valence-electron chi connectivity index (χ0n) is 17.6. The second kappa shape index (κ2) is 9.04. The molecule has 0 radical (unpaired) electrons. The summed E-state index contributed by atoms with van der Waals surface area (Å²) in [5.41, 5.74) is 0.847. The molecule has 0 unspecified atom stereocenters. The van der Waals surface area contributed by atoms with Crippen LogP contribution in [0.15, 0.2) is 91.0 Å². The van der Waals surface area contributed by atoms with Crippen molar-refractivity contribution < 1.29 is 19.7 Å². The first kappa shape index (κ1) is 21.3. The average molecular weight is 417 g/mol. The summed E-state index contributed by atoms with van der Waals surface area (Å²) in [5.74, 6) is -2.22. The van der Waals surface area contributed by atoms with E-state index in [1.54, 1.807) is 6.92 Å². The van der Waals surface area contributed by atoms with Gasteiger partial charge in [-0.3, -0.25) is 4.79 Å². The fraction of sp³-hybridized carbons (Fsp3) is 0.296. The van der Waals surface area contributed by atoms with Gasteiger partial charge in [0.2, 0.25) is 0 Å². The second-order valence-electron chi connectivity index (χ2n) is 8.37. The van der Waals surface area contributed by atoms with Gasteiger partial charge in [-0.2, -0.15) is 0 Å². The number of aliphatic hydroxyl groups excluding tert-OH is 1. The van der Waals surface area contributed by atoms with E-state index in [1.807, 2.05) is 91.0 Å². The number of rotatable bonds is 5. The largest absolute Gasteiger partial charge is 0.460 e. The predicted octanol–water partition coefficient (Wildman–Crippen LogP) is 4.42. The SMILES string of the molecule is C[C@@H]1[C@H](O)C[C@@H](c2ccccc2)[C@H](C(=O)OCc2ccccc2)[C@@]1(O)c1ccccc1. The Balaban J connectivity index is 1.75. The van der Waals surface area contributed by atoms with E-state index in [-0.39, 0.29) is 12.5 Å². The number of benzene rings is 3. The van der Waals surface area contributed by atoms with Crippen LogP contribution in [0.1, 0.15) is 36.0 Å². The van der Waals surface area contributed by atoms with Gasteiger partial charge in [0, 0.05) is 11.8 Å². The van der Waals surface area contributed by atoms with Crippen molar-refractivity contribution in [3.8, 4) is 0 Å². The van der Waals surface area contributed by atoms with Crippen LogP contribution >= 0.6 is 0 Å². The molecule has 0 heterocycles. The van der Waals surface area contributed by atoms with Crippen LogP contribution in [-0.2, 0) is 21.7 Å². The van der Waals surface area contributed by atoms with Crippen molar-refractivity contribution in [1.82, 2.24) is 0 Å². The summed E-state index contributed by atoms with van der Waals surface area (Å²) in [7, 11) is 0. The van der Waals surface area contributed by atoms with Gasteiger partial charge in [-0.25, -0.2) is 0 Å². The van der Waals surface area contributed by atoms with Crippen LogP contribution in [0.25, 0.3) is 0 Å². The molecule has 0 aromatic heterocycles. The first-order valence-corrected chi connectivity index (χ1v) is 10.7. The number of aliphatic hydroxyl groups is 2. The van der Waals surface area contributed by atoms with E-state index in [0.717, 1.165) is 11.1 Å². The lowest BCUT2D eigenvalue weighted by molar-refractivity contribution is -0.186. The van der Waals surface area contributed by atoms with Crippen LogP contribution in [0.4, 0.5) is 0 Å². The molecule has 5 atom stereocenters. The van der Waals surface area contributed by atoms with E-state index in [0.29, 0.717) is 12.0 Å². The number of carbonyl (C=O) groups is 1. The molecule has 1 saturated carbocycles. The number of hydrogen-bond donors (Lipinski definition) is 2. The molecule has 1 fully saturated rings. The van der Waals surface area contributed by atoms with E-state index in [4.69, 9.17) is 4.74 Å². The molecular formula is C27H28O4. The van der Waals surface area contributed by atoms with Gasteiger partial charge >= 0.3 is 5.97 Å². The van der Waals surface area contributed by atoms with Gasteiger partial charge in [0.15, 0.2) is 0 Å². The van der Waals surface area contributed by atoms with Crippen molar-refractivity contribution in [3.63, 3.8) is 0 Å². The van der Waals surface area contributed by atoms with E-state index in [9.17, 15) is 15.0 Å². The van der Waals surface area contributed by atoms with Gasteiger partial charge in [-0.15, -0.1) is 0 Å². The van der Waals surface area contributed by atoms with Crippen LogP contribution in [-0.4, -0.2) is 22.3 Å². The number of ether oxygens (including phenoxy) is 1. The average Bonchev–Trinajstić information content (AvgIpc) is 2.82. The Morgan fingerprint density at radius 1 is 0.935 bits per heavy atom. The molecule has 0 aliphatic heterocycles. The van der Waals surface area contributed by atoms with Crippen molar-refractivity contribution in [3.05, 3.63) is 108 Å². The Hall–Kier alpha value is -2.95. The summed E-state index contributed by atoms with van der Waals surface area (Å²) >= 11 is 0. The Labute approximate surface area is 183 Å². The van der Waals surface area contributed by atoms with Crippen LogP contribution in [0.2, 0.25) is 0 Å². The van der Waals surface area contributed by atoms with Crippen LogP contribution in [0.3, 0.4) is 0 Å². The second-order valence-corrected chi connectivity index (χ2v) is 8.37. The van der Waals surface area contributed by atoms with E-state index < -0.39 is 29.5 Å². The Bertz CT molecular complexity index is 990. The summed E-state index contributed by atoms with van der Waals surface area (Å²) in [6.07, 6.45) is -0.376. The zero-order valence-corrected chi connectivity index (χ0v) is 17.6. The number of carbonyl (C=O) groups excluding carboxylic acids is 1. The molecule has 1 aliphatic carbocycles. The van der Waals surface area contributed by atoms with Gasteiger partial charge in [-0.05, 0) is 23.1 Å². The third-order valence-electron chi connectivity index (χ3n) is 6.59. The lowest BCUT2D eigenvalue weighted by Gasteiger charge is -2.49. The van der Waals surface area contributed by atoms with Crippen molar-refractivity contribution in [2.75, 3.05) is 0 Å². The first-order chi connectivity index (χ1) is 15.0. The predicted molar refractivity (Wildman–Crippen MR) is 119 cm³/mol. The first-order valence-electron chi connectivity index (χ1n) is 10.7. The van der Waals surface area contributed by atoms with E-state index in [2.05, 4.69) is 0 Å². The van der Waals surface area contributed by atoms with Crippen molar-refractivity contribution >= 4 is 5.97 Å². The number of hydrogen-bond acceptors (Lipinski definition) is 4. The molecule has 0 amide bonds. The molecule has 160 valence electrons. The van der Waals surface area contributed by atoms with Crippen LogP contribution < -0.4 is 0 Å². The van der Waals surface area contributed by atoms with Gasteiger partial charge in [-0.1, -0.05) is 97.9 Å². The minimum absolute atomic E-state index is 0.138. The lowest BCUT2D eigenvalue weighted by atomic mass is 9.59. The molecule has 0 saturated heterocycles. The summed E-state index contributed by atoms with van der Waals surface area (Å²) in [6.45, 7) is 1.94. The fourth-order valence-electron chi connectivity index (χ4n) is 4.82. The van der Waals surface area contributed by atoms with Crippen molar-refractivity contribution in [1.29, 1.82) is 0 Å². The van der Waals surface area contributed by atoms with Gasteiger partial charge in [0.25, 0.3) is 0 Å². The Kier molecular flexibility index (Phi) is 6.21. The number of esters is 1. The van der Waals surface area contributed by atoms with E-state index in [1.165, 1.54) is 0 Å². The summed E-state index contributed by atoms with van der Waals surface area (Å²) in [4.78, 5) is 13.5. The summed E-state index contributed by atoms with van der Waals surface area (Å²) in [6, 6.07) is 28.3. The monoisotopic (exact) mass is 416 g/mol. The lowest BCUT2D eigenvalue weighted by Crippen LogP contribution is -2.56. The third kappa shape index (κ3) is 4.14. The van der Waals surface area contributed by atoms with Gasteiger partial charge in [0.05, 0.1) is 12.0 Å². The highest BCUT2D eigenvalue weighted by atomic mass is 16.5. The fourth-order valence-corrected chi connectivity index (χ4v) is 4.82. The smallest absolute Gasteiger partial charge is 0.313 e. The minimum atomic E-state index is -1.56. The molecule has 3 aromatic rings. The molecule has 31 heavy (non-hydrogen) atoms. The quantitative estimate of drug-likeness (QED) is 0.605. The standard InChI is InChI=1S/C27H28O4/c1-19-24(28)17-23(21-13-7-3-8-14-21)25(27(19,30)22-15-9-4-10-16-22)26(29)31-18-20-11-5-2-6-12-20/h2-16,19,23-25,28,30H,17-18H2,1H3/t19-,23+,24-,25-,27+/m1/s1. The Morgan fingerprint density at radius 3 is 2.10 bits per heavy atom. The normalized spacial score (nSPS) is 28.1. The molecule has 2 N–H and O–H groups in total. The van der Waals surface area contributed by atoms with Crippen molar-refractivity contribution in [2.24, 2.45) is 11.8 Å². The topological polar surface area (TPSA) is 66.8 Å². The summed E-state index contributed by atoms with van der Waals surface area (Å²) < 4.78 is 5.74. The van der Waals surface area contributed by atoms with Gasteiger partial charge < -0.3 is 14.9 Å². The highest BCUT2D eigenvalue weighted by Gasteiger charge is 2.57. The zero-order chi connectivity index (χ0) is 21.8. The van der Waals surface area contributed by atoms with Crippen LogP contribution in [0, 0.1) is 11.8 Å². The molecule has 4 rings (SSSR count). The van der Waals surface area contributed by atoms with Crippen molar-refractivity contribution in [2.45, 2.75) is 37.6 Å². The minimum Gasteiger partial charge on any atom is -0.460 e. The van der Waals surface area contributed by atoms with Crippen LogP contribution in [0.5, 0.6) is 0 Å². The molecule has 4 nitrogen and oxygen atoms in total. The molecule has 1 aliphatic rings. The highest BCUT2D eigenvalue weighted by molar-refractivity contribution is 5.76. The van der Waals surface area contributed by atoms with Gasteiger partial charge in [0.1, 0.15) is 12.2 Å². The maximum atomic E-state index is 13.5. The van der Waals surface area contributed by atoms with E-state index >= 15 is 0 Å². The molecular weight excluding hydrogens is 388 g/mol. The molecule has 4 heteroatoms. The maximum absolute atomic E-state index is 13.5. The third-order valence-corrected chi connectivity index (χ3v) is 6.59. The summed E-state index contributed by atoms with van der Waals surface area (Å²) in [5, 5.41) is 23.0. The molecule has 3 aromatic carbocycles.